The van der Waals surface area contributed by atoms with E-state index in [-0.39, 0.29) is 34.0 Å². The number of phenols is 1. The Labute approximate surface area is 114 Å². The number of hydrogen-bond acceptors (Lipinski definition) is 4. The molecule has 1 N–H and O–H groups in total. The molecule has 0 amide bonds. The van der Waals surface area contributed by atoms with Crippen LogP contribution in [0.5, 0.6) is 5.75 Å². The Morgan fingerprint density at radius 1 is 0.895 bits per heavy atom. The van der Waals surface area contributed by atoms with Crippen molar-refractivity contribution in [2.24, 2.45) is 0 Å². The molecule has 92 valence electrons. The largest absolute Gasteiger partial charge is 0.507 e. The summed E-state index contributed by atoms with van der Waals surface area (Å²) >= 11 is 4.83. The van der Waals surface area contributed by atoms with Crippen molar-refractivity contribution >= 4 is 29.2 Å². The number of carbonyl (C=O) groups excluding carboxylic acids is 2. The van der Waals surface area contributed by atoms with Crippen molar-refractivity contribution in [2.75, 3.05) is 0 Å². The van der Waals surface area contributed by atoms with Crippen LogP contribution in [-0.4, -0.2) is 22.0 Å². The summed E-state index contributed by atoms with van der Waals surface area (Å²) in [5.74, 6) is -0.588. The third-order valence-corrected chi connectivity index (χ3v) is 3.46. The van der Waals surface area contributed by atoms with Crippen molar-refractivity contribution in [3.8, 4) is 5.75 Å². The minimum Gasteiger partial charge on any atom is -0.507 e. The van der Waals surface area contributed by atoms with Gasteiger partial charge < -0.3 is 5.11 Å². The summed E-state index contributed by atoms with van der Waals surface area (Å²) in [5, 5.41) is 11.0. The number of thiocarbonyl (C=S) groups is 1. The van der Waals surface area contributed by atoms with Gasteiger partial charge in [-0.25, -0.2) is 0 Å². The maximum Gasteiger partial charge on any atom is 0.195 e. The Morgan fingerprint density at radius 3 is 2.16 bits per heavy atom. The number of rotatable bonds is 1. The molecule has 0 aliphatic heterocycles. The molecule has 0 unspecified atom stereocenters. The smallest absolute Gasteiger partial charge is 0.195 e. The molecule has 3 nitrogen and oxygen atoms in total. The van der Waals surface area contributed by atoms with E-state index in [1.54, 1.807) is 24.3 Å². The van der Waals surface area contributed by atoms with Crippen LogP contribution in [0.25, 0.3) is 0 Å². The maximum atomic E-state index is 12.5. The second-order valence-electron chi connectivity index (χ2n) is 4.24. The maximum absolute atomic E-state index is 12.5. The third kappa shape index (κ3) is 1.54. The molecule has 0 saturated carbocycles. The average Bonchev–Trinajstić information content (AvgIpc) is 2.44. The number of benzene rings is 2. The fraction of sp³-hybridized carbons (Fsp3) is 0. The summed E-state index contributed by atoms with van der Waals surface area (Å²) < 4.78 is 0. The molecule has 0 heterocycles. The highest BCUT2D eigenvalue weighted by Crippen LogP contribution is 2.32. The number of ketones is 2. The molecule has 0 aromatic heterocycles. The lowest BCUT2D eigenvalue weighted by Crippen LogP contribution is -2.22. The number of fused-ring (bicyclic) bond motifs is 2. The highest BCUT2D eigenvalue weighted by Gasteiger charge is 2.31. The van der Waals surface area contributed by atoms with E-state index in [1.807, 2.05) is 0 Å². The summed E-state index contributed by atoms with van der Waals surface area (Å²) in [7, 11) is 0. The van der Waals surface area contributed by atoms with E-state index in [2.05, 4.69) is 0 Å². The van der Waals surface area contributed by atoms with Crippen molar-refractivity contribution in [3.63, 3.8) is 0 Å². The molecule has 0 fully saturated rings. The first-order chi connectivity index (χ1) is 9.15. The minimum atomic E-state index is -0.280. The van der Waals surface area contributed by atoms with E-state index in [9.17, 15) is 14.7 Å². The molecular weight excluding hydrogens is 260 g/mol. The minimum absolute atomic E-state index is 0.0886. The van der Waals surface area contributed by atoms with Gasteiger partial charge in [-0.15, -0.1) is 0 Å². The lowest BCUT2D eigenvalue weighted by atomic mass is 9.82. The summed E-state index contributed by atoms with van der Waals surface area (Å²) in [6.45, 7) is 0. The molecule has 0 spiro atoms. The first-order valence-electron chi connectivity index (χ1n) is 5.64. The molecular formula is C15H8O3S. The van der Waals surface area contributed by atoms with Crippen LogP contribution in [-0.2, 0) is 0 Å². The van der Waals surface area contributed by atoms with Gasteiger partial charge in [-0.1, -0.05) is 36.5 Å². The molecule has 1 aliphatic rings. The number of carbonyl (C=O) groups is 2. The topological polar surface area (TPSA) is 54.4 Å². The SMILES string of the molecule is O=C1c2ccccc2C(=O)c2c1ccc(O)c2C=S. The lowest BCUT2D eigenvalue weighted by molar-refractivity contribution is 0.0979. The van der Waals surface area contributed by atoms with Gasteiger partial charge in [0.1, 0.15) is 5.75 Å². The average molecular weight is 268 g/mol. The predicted octanol–water partition coefficient (Wildman–Crippen LogP) is 2.52. The van der Waals surface area contributed by atoms with Gasteiger partial charge >= 0.3 is 0 Å². The summed E-state index contributed by atoms with van der Waals surface area (Å²) in [6.07, 6.45) is 0. The van der Waals surface area contributed by atoms with Crippen LogP contribution < -0.4 is 0 Å². The summed E-state index contributed by atoms with van der Waals surface area (Å²) in [6, 6.07) is 9.50. The first kappa shape index (κ1) is 11.7. The van der Waals surface area contributed by atoms with Crippen LogP contribution in [0.15, 0.2) is 36.4 Å². The zero-order chi connectivity index (χ0) is 13.6. The zero-order valence-electron chi connectivity index (χ0n) is 9.71. The molecule has 1 aliphatic carbocycles. The predicted molar refractivity (Wildman–Crippen MR) is 74.2 cm³/mol. The molecule has 2 aromatic rings. The van der Waals surface area contributed by atoms with Crippen LogP contribution in [0.1, 0.15) is 37.4 Å². The molecule has 19 heavy (non-hydrogen) atoms. The second kappa shape index (κ2) is 4.10. The van der Waals surface area contributed by atoms with Crippen molar-refractivity contribution in [1.82, 2.24) is 0 Å². The fourth-order valence-corrected chi connectivity index (χ4v) is 2.56. The fourth-order valence-electron chi connectivity index (χ4n) is 2.32. The van der Waals surface area contributed by atoms with Crippen LogP contribution in [0.4, 0.5) is 0 Å². The van der Waals surface area contributed by atoms with E-state index in [1.165, 1.54) is 17.5 Å². The van der Waals surface area contributed by atoms with Gasteiger partial charge in [-0.2, -0.15) is 0 Å². The number of aromatic hydroxyl groups is 1. The number of phenolic OH excluding ortho intramolecular Hbond substituents is 1. The van der Waals surface area contributed by atoms with E-state index in [4.69, 9.17) is 12.2 Å². The van der Waals surface area contributed by atoms with E-state index in [0.29, 0.717) is 11.1 Å². The molecule has 4 heteroatoms. The van der Waals surface area contributed by atoms with Crippen LogP contribution in [0.3, 0.4) is 0 Å². The lowest BCUT2D eigenvalue weighted by Gasteiger charge is -2.19. The highest BCUT2D eigenvalue weighted by atomic mass is 32.1. The Morgan fingerprint density at radius 2 is 1.53 bits per heavy atom. The van der Waals surface area contributed by atoms with Gasteiger partial charge in [0.05, 0.1) is 0 Å². The van der Waals surface area contributed by atoms with Gasteiger partial charge in [0.25, 0.3) is 0 Å². The Bertz CT molecular complexity index is 747. The third-order valence-electron chi connectivity index (χ3n) is 3.23. The van der Waals surface area contributed by atoms with Gasteiger partial charge in [-0.3, -0.25) is 9.59 Å². The molecule has 2 aromatic carbocycles. The van der Waals surface area contributed by atoms with Gasteiger partial charge in [0.15, 0.2) is 11.6 Å². The molecule has 0 bridgehead atoms. The van der Waals surface area contributed by atoms with Crippen molar-refractivity contribution in [2.45, 2.75) is 0 Å². The summed E-state index contributed by atoms with van der Waals surface area (Å²) in [4.78, 5) is 24.8. The zero-order valence-corrected chi connectivity index (χ0v) is 10.5. The van der Waals surface area contributed by atoms with Crippen LogP contribution in [0.2, 0.25) is 0 Å². The van der Waals surface area contributed by atoms with Crippen molar-refractivity contribution in [1.29, 1.82) is 0 Å². The molecule has 0 saturated heterocycles. The first-order valence-corrected chi connectivity index (χ1v) is 6.12. The Balaban J connectivity index is 2.39. The van der Waals surface area contributed by atoms with Gasteiger partial charge in [0, 0.05) is 33.2 Å². The Kier molecular flexibility index (Phi) is 2.54. The van der Waals surface area contributed by atoms with E-state index in [0.717, 1.165) is 0 Å². The molecule has 3 rings (SSSR count). The van der Waals surface area contributed by atoms with Gasteiger partial charge in [0.2, 0.25) is 0 Å². The molecule has 0 atom stereocenters. The number of hydrogen-bond donors (Lipinski definition) is 1. The summed E-state index contributed by atoms with van der Waals surface area (Å²) in [5.41, 5.74) is 1.46. The van der Waals surface area contributed by atoms with Crippen molar-refractivity contribution < 1.29 is 14.7 Å². The normalized spacial score (nSPS) is 12.8. The van der Waals surface area contributed by atoms with Crippen LogP contribution >= 0.6 is 12.2 Å². The standard InChI is InChI=1S/C15H8O3S/c16-12-6-5-10-13(11(12)7-19)15(18)9-4-2-1-3-8(9)14(10)17/h1-7,16H. The molecule has 0 radical (unpaired) electrons. The van der Waals surface area contributed by atoms with Gasteiger partial charge in [-0.05, 0) is 12.1 Å². The quantitative estimate of drug-likeness (QED) is 0.689. The highest BCUT2D eigenvalue weighted by molar-refractivity contribution is 7.79. The monoisotopic (exact) mass is 268 g/mol. The van der Waals surface area contributed by atoms with E-state index < -0.39 is 0 Å². The van der Waals surface area contributed by atoms with Crippen molar-refractivity contribution in [3.05, 3.63) is 64.2 Å². The second-order valence-corrected chi connectivity index (χ2v) is 4.48. The van der Waals surface area contributed by atoms with Crippen LogP contribution in [0, 0.1) is 0 Å². The Hall–Kier alpha value is -2.33. The van der Waals surface area contributed by atoms with E-state index >= 15 is 0 Å².